The van der Waals surface area contributed by atoms with E-state index in [4.69, 9.17) is 10.5 Å². The maximum absolute atomic E-state index is 14.7. The monoisotopic (exact) mass is 445 g/mol. The van der Waals surface area contributed by atoms with Crippen molar-refractivity contribution in [2.45, 2.75) is 37.4 Å². The van der Waals surface area contributed by atoms with Gasteiger partial charge in [-0.3, -0.25) is 9.97 Å². The van der Waals surface area contributed by atoms with E-state index in [1.54, 1.807) is 30.1 Å². The number of halogens is 2. The van der Waals surface area contributed by atoms with Crippen molar-refractivity contribution in [3.63, 3.8) is 0 Å². The van der Waals surface area contributed by atoms with Gasteiger partial charge in [0, 0.05) is 23.1 Å². The summed E-state index contributed by atoms with van der Waals surface area (Å²) in [7, 11) is 0. The summed E-state index contributed by atoms with van der Waals surface area (Å²) in [6.45, 7) is 5.41. The number of nitrogens with zero attached hydrogens (tertiary/aromatic N) is 2. The molecule has 1 aliphatic heterocycles. The van der Waals surface area contributed by atoms with Crippen LogP contribution in [0.5, 0.6) is 0 Å². The Morgan fingerprint density at radius 2 is 2.13 bits per heavy atom. The van der Waals surface area contributed by atoms with Gasteiger partial charge in [0.15, 0.2) is 5.83 Å². The highest BCUT2D eigenvalue weighted by molar-refractivity contribution is 7.99. The van der Waals surface area contributed by atoms with Crippen LogP contribution in [0.3, 0.4) is 0 Å². The van der Waals surface area contributed by atoms with Gasteiger partial charge in [0.1, 0.15) is 11.5 Å². The van der Waals surface area contributed by atoms with Crippen LogP contribution >= 0.6 is 11.8 Å². The van der Waals surface area contributed by atoms with Crippen LogP contribution in [0, 0.1) is 11.7 Å². The first-order chi connectivity index (χ1) is 15.0. The third-order valence-electron chi connectivity index (χ3n) is 5.44. The third kappa shape index (κ3) is 6.87. The smallest absolute Gasteiger partial charge is 0.150 e. The molecule has 0 radical (unpaired) electrons. The number of hydrogen-bond donors (Lipinski definition) is 1. The molecular formula is C24H29F2N3OS. The molecule has 1 aromatic carbocycles. The molecule has 2 heterocycles. The van der Waals surface area contributed by atoms with Crippen molar-refractivity contribution in [1.29, 1.82) is 0 Å². The van der Waals surface area contributed by atoms with Gasteiger partial charge in [-0.2, -0.15) is 11.8 Å². The Hall–Kier alpha value is -2.25. The fourth-order valence-corrected chi connectivity index (χ4v) is 4.14. The minimum absolute atomic E-state index is 0.159. The number of hydrogen-bond acceptors (Lipinski definition) is 5. The predicted octanol–water partition coefficient (Wildman–Crippen LogP) is 5.19. The van der Waals surface area contributed by atoms with Crippen LogP contribution in [-0.2, 0) is 17.6 Å². The largest absolute Gasteiger partial charge is 0.402 e. The molecule has 166 valence electrons. The molecule has 0 saturated carbocycles. The van der Waals surface area contributed by atoms with E-state index in [-0.39, 0.29) is 16.8 Å². The molecule has 1 atom stereocenters. The summed E-state index contributed by atoms with van der Waals surface area (Å²) in [4.78, 5) is 8.52. The van der Waals surface area contributed by atoms with Crippen LogP contribution in [0.25, 0.3) is 11.9 Å². The van der Waals surface area contributed by atoms with Gasteiger partial charge in [0.05, 0.1) is 25.1 Å². The van der Waals surface area contributed by atoms with Crippen LogP contribution in [0.2, 0.25) is 0 Å². The van der Waals surface area contributed by atoms with Gasteiger partial charge < -0.3 is 10.5 Å². The molecule has 0 spiro atoms. The highest BCUT2D eigenvalue weighted by atomic mass is 32.2. The molecule has 2 aromatic rings. The van der Waals surface area contributed by atoms with Gasteiger partial charge in [0.25, 0.3) is 0 Å². The fraction of sp³-hybridized carbons (Fsp3) is 0.417. The highest BCUT2D eigenvalue weighted by Gasteiger charge is 2.18. The van der Waals surface area contributed by atoms with Crippen molar-refractivity contribution < 1.29 is 13.5 Å². The van der Waals surface area contributed by atoms with E-state index in [1.807, 2.05) is 6.26 Å². The van der Waals surface area contributed by atoms with Crippen LogP contribution in [-0.4, -0.2) is 34.7 Å². The summed E-state index contributed by atoms with van der Waals surface area (Å²) in [6.07, 6.45) is 10.4. The van der Waals surface area contributed by atoms with E-state index in [9.17, 15) is 8.78 Å². The lowest BCUT2D eigenvalue weighted by atomic mass is 10.0. The minimum atomic E-state index is -0.495. The van der Waals surface area contributed by atoms with Crippen LogP contribution in [0.1, 0.15) is 41.8 Å². The average Bonchev–Trinajstić information content (AvgIpc) is 2.72. The molecule has 1 aromatic heterocycles. The topological polar surface area (TPSA) is 61.0 Å². The van der Waals surface area contributed by atoms with Gasteiger partial charge in [0.2, 0.25) is 0 Å². The van der Waals surface area contributed by atoms with Gasteiger partial charge in [-0.15, -0.1) is 0 Å². The number of aromatic nitrogens is 2. The van der Waals surface area contributed by atoms with Gasteiger partial charge in [-0.25, -0.2) is 8.78 Å². The molecule has 4 nitrogen and oxygen atoms in total. The summed E-state index contributed by atoms with van der Waals surface area (Å²) in [5.41, 5.74) is 8.59. The molecule has 31 heavy (non-hydrogen) atoms. The normalized spacial score (nSPS) is 15.5. The standard InChI is InChI=1S/C24H29F2N3OS/c1-16(27)24(31-2)5-3-4-19-10-17(7-9-21(19)25)11-22(26)23-13-28-20(12-29-23)8-6-18-14-30-15-18/h7,9-13,18,24H,1,3-6,8,14-15,27H2,2H3/b22-11-. The molecule has 0 aliphatic carbocycles. The predicted molar refractivity (Wildman–Crippen MR) is 124 cm³/mol. The Morgan fingerprint density at radius 1 is 1.32 bits per heavy atom. The lowest BCUT2D eigenvalue weighted by Crippen LogP contribution is -2.27. The van der Waals surface area contributed by atoms with Crippen molar-refractivity contribution in [3.8, 4) is 0 Å². The second-order valence-electron chi connectivity index (χ2n) is 7.87. The number of ether oxygens (including phenoxy) is 1. The van der Waals surface area contributed by atoms with Crippen molar-refractivity contribution >= 4 is 23.7 Å². The van der Waals surface area contributed by atoms with Gasteiger partial charge in [-0.1, -0.05) is 12.6 Å². The SMILES string of the molecule is C=C(N)C(CCCc1cc(/C=C(\F)c2cnc(CCC3COC3)cn2)ccc1F)SC. The zero-order valence-electron chi connectivity index (χ0n) is 17.8. The molecule has 0 bridgehead atoms. The molecule has 3 rings (SSSR count). The highest BCUT2D eigenvalue weighted by Crippen LogP contribution is 2.23. The Labute approximate surface area is 187 Å². The fourth-order valence-electron chi connectivity index (χ4n) is 3.44. The zero-order chi connectivity index (χ0) is 22.2. The van der Waals surface area contributed by atoms with Crippen molar-refractivity contribution in [2.75, 3.05) is 19.5 Å². The van der Waals surface area contributed by atoms with E-state index < -0.39 is 5.83 Å². The number of aryl methyl sites for hydroxylation is 2. The van der Waals surface area contributed by atoms with Gasteiger partial charge in [-0.05, 0) is 67.7 Å². The third-order valence-corrected chi connectivity index (χ3v) is 6.55. The number of benzene rings is 1. The maximum atomic E-state index is 14.7. The Morgan fingerprint density at radius 3 is 2.74 bits per heavy atom. The number of thioether (sulfide) groups is 1. The van der Waals surface area contributed by atoms with Crippen molar-refractivity contribution in [3.05, 3.63) is 71.2 Å². The van der Waals surface area contributed by atoms with Crippen LogP contribution in [0.4, 0.5) is 8.78 Å². The Bertz CT molecular complexity index is 914. The molecule has 1 fully saturated rings. The molecular weight excluding hydrogens is 416 g/mol. The number of nitrogens with two attached hydrogens (primary N) is 1. The Balaban J connectivity index is 1.61. The Kier molecular flexibility index (Phi) is 8.60. The summed E-state index contributed by atoms with van der Waals surface area (Å²) >= 11 is 1.64. The lowest BCUT2D eigenvalue weighted by Gasteiger charge is -2.25. The van der Waals surface area contributed by atoms with E-state index in [1.165, 1.54) is 18.3 Å². The van der Waals surface area contributed by atoms with Gasteiger partial charge >= 0.3 is 0 Å². The van der Waals surface area contributed by atoms with E-state index in [0.29, 0.717) is 29.2 Å². The van der Waals surface area contributed by atoms with Crippen molar-refractivity contribution in [2.24, 2.45) is 11.7 Å². The minimum Gasteiger partial charge on any atom is -0.402 e. The first-order valence-electron chi connectivity index (χ1n) is 10.5. The van der Waals surface area contributed by atoms with E-state index in [2.05, 4.69) is 16.5 Å². The molecule has 7 heteroatoms. The molecule has 0 amide bonds. The van der Waals surface area contributed by atoms with Crippen molar-refractivity contribution in [1.82, 2.24) is 9.97 Å². The molecule has 1 aliphatic rings. The second kappa shape index (κ2) is 11.4. The lowest BCUT2D eigenvalue weighted by molar-refractivity contribution is -0.0353. The summed E-state index contributed by atoms with van der Waals surface area (Å²) < 4.78 is 34.1. The second-order valence-corrected chi connectivity index (χ2v) is 8.91. The molecule has 1 unspecified atom stereocenters. The first kappa shape index (κ1) is 23.4. The summed E-state index contributed by atoms with van der Waals surface area (Å²) in [6, 6.07) is 4.62. The summed E-state index contributed by atoms with van der Waals surface area (Å²) in [5, 5.41) is 0.159. The van der Waals surface area contributed by atoms with Crippen LogP contribution < -0.4 is 5.73 Å². The quantitative estimate of drug-likeness (QED) is 0.516. The first-order valence-corrected chi connectivity index (χ1v) is 11.8. The van der Waals surface area contributed by atoms with E-state index in [0.717, 1.165) is 44.6 Å². The van der Waals surface area contributed by atoms with E-state index >= 15 is 0 Å². The van der Waals surface area contributed by atoms with Crippen LogP contribution in [0.15, 0.2) is 42.9 Å². The zero-order valence-corrected chi connectivity index (χ0v) is 18.6. The average molecular weight is 446 g/mol. The maximum Gasteiger partial charge on any atom is 0.150 e. The molecule has 2 N–H and O–H groups in total. The summed E-state index contributed by atoms with van der Waals surface area (Å²) in [5.74, 6) is -0.191. The molecule has 1 saturated heterocycles. The number of rotatable bonds is 11.